The Labute approximate surface area is 89.1 Å². The Morgan fingerprint density at radius 2 is 2.40 bits per heavy atom. The third-order valence-corrected chi connectivity index (χ3v) is 3.45. The number of amides is 1. The first-order chi connectivity index (χ1) is 6.97. The average molecular weight is 234 g/mol. The molecule has 1 heterocycles. The molecule has 0 bridgehead atoms. The van der Waals surface area contributed by atoms with Gasteiger partial charge in [0.2, 0.25) is 0 Å². The van der Waals surface area contributed by atoms with Crippen LogP contribution < -0.4 is 4.72 Å². The molecule has 7 heteroatoms. The number of ether oxygens (including phenoxy) is 1. The summed E-state index contributed by atoms with van der Waals surface area (Å²) in [4.78, 5) is 11.0. The first-order valence-electron chi connectivity index (χ1n) is 4.54. The van der Waals surface area contributed by atoms with Gasteiger partial charge in [-0.2, -0.15) is 17.4 Å². The standard InChI is InChI=1S/C8H14N2O4S/c1-3-7(2)6-9-15(12,13)10-4-5-14-8(10)11/h3,7,9H,1,4-6H2,2H3. The topological polar surface area (TPSA) is 75.7 Å². The zero-order valence-corrected chi connectivity index (χ0v) is 9.29. The lowest BCUT2D eigenvalue weighted by Crippen LogP contribution is -2.42. The first kappa shape index (κ1) is 12.0. The van der Waals surface area contributed by atoms with Crippen LogP contribution in [-0.4, -0.2) is 38.5 Å². The van der Waals surface area contributed by atoms with Crippen molar-refractivity contribution in [1.82, 2.24) is 9.03 Å². The normalized spacial score (nSPS) is 18.7. The van der Waals surface area contributed by atoms with E-state index >= 15 is 0 Å². The highest BCUT2D eigenvalue weighted by Gasteiger charge is 2.33. The number of rotatable bonds is 5. The van der Waals surface area contributed by atoms with Crippen LogP contribution in [0.1, 0.15) is 6.92 Å². The molecular formula is C8H14N2O4S. The van der Waals surface area contributed by atoms with Crippen LogP contribution in [0.15, 0.2) is 12.7 Å². The fraction of sp³-hybridized carbons (Fsp3) is 0.625. The Hall–Kier alpha value is -1.08. The number of nitrogens with one attached hydrogen (secondary N) is 1. The summed E-state index contributed by atoms with van der Waals surface area (Å²) in [6.07, 6.45) is 0.805. The van der Waals surface area contributed by atoms with E-state index in [1.807, 2.05) is 6.92 Å². The van der Waals surface area contributed by atoms with Crippen molar-refractivity contribution in [2.24, 2.45) is 5.92 Å². The maximum Gasteiger partial charge on any atom is 0.424 e. The van der Waals surface area contributed by atoms with Crippen molar-refractivity contribution in [2.75, 3.05) is 19.7 Å². The van der Waals surface area contributed by atoms with Crippen LogP contribution in [0, 0.1) is 5.92 Å². The van der Waals surface area contributed by atoms with E-state index in [-0.39, 0.29) is 25.6 Å². The number of carbonyl (C=O) groups excluding carboxylic acids is 1. The van der Waals surface area contributed by atoms with Crippen LogP contribution in [0.2, 0.25) is 0 Å². The van der Waals surface area contributed by atoms with E-state index in [4.69, 9.17) is 0 Å². The third-order valence-electron chi connectivity index (χ3n) is 2.00. The van der Waals surface area contributed by atoms with Crippen LogP contribution in [0.25, 0.3) is 0 Å². The number of cyclic esters (lactones) is 1. The molecule has 1 saturated heterocycles. The molecule has 0 aromatic rings. The van der Waals surface area contributed by atoms with Crippen molar-refractivity contribution in [3.05, 3.63) is 12.7 Å². The Kier molecular flexibility index (Phi) is 3.70. The molecule has 1 unspecified atom stereocenters. The van der Waals surface area contributed by atoms with Gasteiger partial charge in [0.1, 0.15) is 6.61 Å². The van der Waals surface area contributed by atoms with E-state index in [0.29, 0.717) is 4.31 Å². The second-order valence-electron chi connectivity index (χ2n) is 3.25. The Bertz CT molecular complexity index is 352. The van der Waals surface area contributed by atoms with Crippen molar-refractivity contribution in [1.29, 1.82) is 0 Å². The van der Waals surface area contributed by atoms with Gasteiger partial charge in [-0.15, -0.1) is 6.58 Å². The summed E-state index contributed by atoms with van der Waals surface area (Å²) in [6, 6.07) is 0. The molecule has 0 saturated carbocycles. The van der Waals surface area contributed by atoms with E-state index in [1.54, 1.807) is 6.08 Å². The molecule has 1 fully saturated rings. The molecule has 1 aliphatic heterocycles. The second kappa shape index (κ2) is 4.63. The van der Waals surface area contributed by atoms with Gasteiger partial charge in [0.15, 0.2) is 0 Å². The molecule has 0 aliphatic carbocycles. The minimum atomic E-state index is -3.75. The predicted molar refractivity (Wildman–Crippen MR) is 54.3 cm³/mol. The fourth-order valence-corrected chi connectivity index (χ4v) is 2.19. The van der Waals surface area contributed by atoms with Crippen molar-refractivity contribution in [3.8, 4) is 0 Å². The first-order valence-corrected chi connectivity index (χ1v) is 5.98. The lowest BCUT2D eigenvalue weighted by molar-refractivity contribution is 0.169. The van der Waals surface area contributed by atoms with Crippen LogP contribution in [0.4, 0.5) is 4.79 Å². The minimum Gasteiger partial charge on any atom is -0.447 e. The van der Waals surface area contributed by atoms with Crippen LogP contribution in [-0.2, 0) is 14.9 Å². The zero-order valence-electron chi connectivity index (χ0n) is 8.47. The van der Waals surface area contributed by atoms with Crippen molar-refractivity contribution in [2.45, 2.75) is 6.92 Å². The summed E-state index contributed by atoms with van der Waals surface area (Å²) in [5.74, 6) is 0.0124. The molecule has 1 amide bonds. The molecule has 1 aliphatic rings. The Morgan fingerprint density at radius 1 is 1.73 bits per heavy atom. The fourth-order valence-electron chi connectivity index (χ4n) is 0.995. The van der Waals surface area contributed by atoms with Crippen molar-refractivity contribution >= 4 is 16.3 Å². The average Bonchev–Trinajstić information content (AvgIpc) is 2.61. The largest absolute Gasteiger partial charge is 0.447 e. The van der Waals surface area contributed by atoms with E-state index < -0.39 is 16.3 Å². The van der Waals surface area contributed by atoms with Gasteiger partial charge in [-0.3, -0.25) is 0 Å². The Balaban J connectivity index is 2.59. The van der Waals surface area contributed by atoms with Crippen LogP contribution in [0.5, 0.6) is 0 Å². The monoisotopic (exact) mass is 234 g/mol. The van der Waals surface area contributed by atoms with Gasteiger partial charge >= 0.3 is 16.3 Å². The van der Waals surface area contributed by atoms with Crippen LogP contribution >= 0.6 is 0 Å². The molecule has 15 heavy (non-hydrogen) atoms. The van der Waals surface area contributed by atoms with Gasteiger partial charge in [0, 0.05) is 6.54 Å². The molecule has 0 spiro atoms. The summed E-state index contributed by atoms with van der Waals surface area (Å²) in [5.41, 5.74) is 0. The molecule has 1 N–H and O–H groups in total. The van der Waals surface area contributed by atoms with Gasteiger partial charge in [-0.1, -0.05) is 13.0 Å². The van der Waals surface area contributed by atoms with Gasteiger partial charge in [0.25, 0.3) is 0 Å². The van der Waals surface area contributed by atoms with Crippen molar-refractivity contribution < 1.29 is 17.9 Å². The van der Waals surface area contributed by atoms with Gasteiger partial charge < -0.3 is 4.74 Å². The SMILES string of the molecule is C=CC(C)CNS(=O)(=O)N1CCOC1=O. The smallest absolute Gasteiger partial charge is 0.424 e. The molecule has 86 valence electrons. The summed E-state index contributed by atoms with van der Waals surface area (Å²) < 4.78 is 30.6. The highest BCUT2D eigenvalue weighted by Crippen LogP contribution is 2.08. The molecule has 6 nitrogen and oxygen atoms in total. The van der Waals surface area contributed by atoms with Crippen LogP contribution in [0.3, 0.4) is 0 Å². The van der Waals surface area contributed by atoms with Gasteiger partial charge in [-0.25, -0.2) is 4.79 Å². The predicted octanol–water partition coefficient (Wildman–Crippen LogP) is 0.0951. The number of nitrogens with zero attached hydrogens (tertiary/aromatic N) is 1. The molecule has 0 radical (unpaired) electrons. The summed E-state index contributed by atoms with van der Waals surface area (Å²) in [7, 11) is -3.75. The molecule has 0 aromatic carbocycles. The van der Waals surface area contributed by atoms with E-state index in [9.17, 15) is 13.2 Å². The summed E-state index contributed by atoms with van der Waals surface area (Å²) in [5, 5.41) is 0. The highest BCUT2D eigenvalue weighted by molar-refractivity contribution is 7.87. The summed E-state index contributed by atoms with van der Waals surface area (Å²) >= 11 is 0. The molecule has 1 atom stereocenters. The second-order valence-corrected chi connectivity index (χ2v) is 4.93. The zero-order chi connectivity index (χ0) is 11.5. The maximum atomic E-state index is 11.5. The van der Waals surface area contributed by atoms with E-state index in [0.717, 1.165) is 0 Å². The van der Waals surface area contributed by atoms with Gasteiger partial charge in [0.05, 0.1) is 6.54 Å². The summed E-state index contributed by atoms with van der Waals surface area (Å²) in [6.45, 7) is 5.74. The molecule has 0 aromatic heterocycles. The highest BCUT2D eigenvalue weighted by atomic mass is 32.2. The number of hydrogen-bond acceptors (Lipinski definition) is 4. The van der Waals surface area contributed by atoms with Gasteiger partial charge in [-0.05, 0) is 5.92 Å². The lowest BCUT2D eigenvalue weighted by atomic mass is 10.2. The minimum absolute atomic E-state index is 0.0124. The van der Waals surface area contributed by atoms with Crippen molar-refractivity contribution in [3.63, 3.8) is 0 Å². The molecule has 1 rings (SSSR count). The van der Waals surface area contributed by atoms with E-state index in [2.05, 4.69) is 16.0 Å². The number of hydrogen-bond donors (Lipinski definition) is 1. The maximum absolute atomic E-state index is 11.5. The molecular weight excluding hydrogens is 220 g/mol. The Morgan fingerprint density at radius 3 is 2.87 bits per heavy atom. The lowest BCUT2D eigenvalue weighted by Gasteiger charge is -2.15. The third kappa shape index (κ3) is 2.93. The quantitative estimate of drug-likeness (QED) is 0.684. The number of carbonyl (C=O) groups is 1. The van der Waals surface area contributed by atoms with E-state index in [1.165, 1.54) is 0 Å².